The van der Waals surface area contributed by atoms with E-state index in [0.717, 1.165) is 25.1 Å². The van der Waals surface area contributed by atoms with Crippen molar-refractivity contribution in [2.24, 2.45) is 0 Å². The first-order valence-electron chi connectivity index (χ1n) is 5.22. The maximum atomic E-state index is 9.68. The Morgan fingerprint density at radius 2 is 2.07 bits per heavy atom. The Kier molecular flexibility index (Phi) is 3.19. The van der Waals surface area contributed by atoms with Crippen LogP contribution in [-0.4, -0.2) is 14.9 Å². The lowest BCUT2D eigenvalue weighted by Gasteiger charge is -2.14. The molecule has 0 amide bonds. The minimum Gasteiger partial charge on any atom is -0.504 e. The van der Waals surface area contributed by atoms with Gasteiger partial charge in [-0.25, -0.2) is 0 Å². The summed E-state index contributed by atoms with van der Waals surface area (Å²) in [6.07, 6.45) is 3.96. The first kappa shape index (κ1) is 11.1. The van der Waals surface area contributed by atoms with E-state index in [9.17, 15) is 5.11 Å². The Balaban J connectivity index is 2.83. The maximum Gasteiger partial charge on any atom is 0.157 e. The van der Waals surface area contributed by atoms with Crippen LogP contribution in [0.15, 0.2) is 6.20 Å². The van der Waals surface area contributed by atoms with Crippen LogP contribution < -0.4 is 0 Å². The SMILES string of the molecule is CCCCn1cc(O)c(C(C)(C)C)n1. The fourth-order valence-electron chi connectivity index (χ4n) is 1.38. The molecule has 0 spiro atoms. The number of rotatable bonds is 3. The van der Waals surface area contributed by atoms with Crippen LogP contribution >= 0.6 is 0 Å². The molecule has 14 heavy (non-hydrogen) atoms. The van der Waals surface area contributed by atoms with Gasteiger partial charge >= 0.3 is 0 Å². The van der Waals surface area contributed by atoms with Crippen LogP contribution in [0.4, 0.5) is 0 Å². The summed E-state index contributed by atoms with van der Waals surface area (Å²) in [7, 11) is 0. The highest BCUT2D eigenvalue weighted by Crippen LogP contribution is 2.28. The lowest BCUT2D eigenvalue weighted by molar-refractivity contribution is 0.444. The van der Waals surface area contributed by atoms with Crippen molar-refractivity contribution in [3.63, 3.8) is 0 Å². The van der Waals surface area contributed by atoms with Gasteiger partial charge in [0.25, 0.3) is 0 Å². The van der Waals surface area contributed by atoms with Crippen LogP contribution in [0.25, 0.3) is 0 Å². The van der Waals surface area contributed by atoms with E-state index in [1.807, 2.05) is 4.68 Å². The summed E-state index contributed by atoms with van der Waals surface area (Å²) in [5, 5.41) is 14.1. The second-order valence-corrected chi connectivity index (χ2v) is 4.73. The van der Waals surface area contributed by atoms with Crippen LogP contribution in [-0.2, 0) is 12.0 Å². The molecule has 1 rings (SSSR count). The van der Waals surface area contributed by atoms with Gasteiger partial charge in [0.15, 0.2) is 5.75 Å². The van der Waals surface area contributed by atoms with Crippen molar-refractivity contribution in [2.75, 3.05) is 0 Å². The van der Waals surface area contributed by atoms with E-state index in [1.54, 1.807) is 6.20 Å². The number of aromatic nitrogens is 2. The summed E-state index contributed by atoms with van der Waals surface area (Å²) in [5.41, 5.74) is 0.704. The standard InChI is InChI=1S/C11H20N2O/c1-5-6-7-13-8-9(14)10(12-13)11(2,3)4/h8,14H,5-7H2,1-4H3. The van der Waals surface area contributed by atoms with Gasteiger partial charge < -0.3 is 5.11 Å². The molecule has 0 aliphatic rings. The van der Waals surface area contributed by atoms with Gasteiger partial charge in [-0.05, 0) is 6.42 Å². The molecule has 0 aliphatic heterocycles. The van der Waals surface area contributed by atoms with Gasteiger partial charge in [0.1, 0.15) is 5.69 Å². The van der Waals surface area contributed by atoms with Crippen molar-refractivity contribution in [3.8, 4) is 5.75 Å². The van der Waals surface area contributed by atoms with Crippen molar-refractivity contribution in [1.29, 1.82) is 0 Å². The predicted molar refractivity (Wildman–Crippen MR) is 57.5 cm³/mol. The molecule has 0 radical (unpaired) electrons. The number of aryl methyl sites for hydroxylation is 1. The lowest BCUT2D eigenvalue weighted by Crippen LogP contribution is -2.13. The molecule has 1 aromatic heterocycles. The summed E-state index contributed by atoms with van der Waals surface area (Å²) in [6, 6.07) is 0. The van der Waals surface area contributed by atoms with Crippen LogP contribution in [0.1, 0.15) is 46.2 Å². The van der Waals surface area contributed by atoms with Crippen LogP contribution in [0, 0.1) is 0 Å². The van der Waals surface area contributed by atoms with Crippen molar-refractivity contribution >= 4 is 0 Å². The van der Waals surface area contributed by atoms with Gasteiger partial charge in [-0.2, -0.15) is 5.10 Å². The molecule has 0 saturated heterocycles. The van der Waals surface area contributed by atoms with E-state index in [1.165, 1.54) is 0 Å². The predicted octanol–water partition coefficient (Wildman–Crippen LogP) is 2.69. The fraction of sp³-hybridized carbons (Fsp3) is 0.727. The molecular formula is C11H20N2O. The van der Waals surface area contributed by atoms with Crippen molar-refractivity contribution in [1.82, 2.24) is 9.78 Å². The van der Waals surface area contributed by atoms with Crippen molar-refractivity contribution in [3.05, 3.63) is 11.9 Å². The highest BCUT2D eigenvalue weighted by atomic mass is 16.3. The lowest BCUT2D eigenvalue weighted by atomic mass is 9.92. The molecule has 1 aromatic rings. The number of unbranched alkanes of at least 4 members (excludes halogenated alkanes) is 1. The largest absolute Gasteiger partial charge is 0.504 e. The zero-order chi connectivity index (χ0) is 10.8. The smallest absolute Gasteiger partial charge is 0.157 e. The normalized spacial score (nSPS) is 12.0. The molecule has 0 saturated carbocycles. The van der Waals surface area contributed by atoms with Crippen LogP contribution in [0.3, 0.4) is 0 Å². The molecule has 0 aromatic carbocycles. The summed E-state index contributed by atoms with van der Waals surface area (Å²) in [6.45, 7) is 9.20. The number of hydrogen-bond donors (Lipinski definition) is 1. The summed E-state index contributed by atoms with van der Waals surface area (Å²) >= 11 is 0. The average molecular weight is 196 g/mol. The third-order valence-corrected chi connectivity index (χ3v) is 2.19. The van der Waals surface area contributed by atoms with Gasteiger partial charge in [0.05, 0.1) is 6.20 Å². The summed E-state index contributed by atoms with van der Waals surface area (Å²) in [5.74, 6) is 0.314. The zero-order valence-corrected chi connectivity index (χ0v) is 9.54. The second-order valence-electron chi connectivity index (χ2n) is 4.73. The quantitative estimate of drug-likeness (QED) is 0.807. The molecule has 3 heteroatoms. The van der Waals surface area contributed by atoms with E-state index in [-0.39, 0.29) is 5.41 Å². The van der Waals surface area contributed by atoms with Gasteiger partial charge in [-0.3, -0.25) is 4.68 Å². The van der Waals surface area contributed by atoms with E-state index < -0.39 is 0 Å². The monoisotopic (exact) mass is 196 g/mol. The van der Waals surface area contributed by atoms with Gasteiger partial charge in [0.2, 0.25) is 0 Å². The third-order valence-electron chi connectivity index (χ3n) is 2.19. The number of nitrogens with zero attached hydrogens (tertiary/aromatic N) is 2. The third kappa shape index (κ3) is 2.50. The van der Waals surface area contributed by atoms with E-state index in [2.05, 4.69) is 32.8 Å². The molecule has 0 unspecified atom stereocenters. The van der Waals surface area contributed by atoms with Crippen molar-refractivity contribution in [2.45, 2.75) is 52.5 Å². The van der Waals surface area contributed by atoms with E-state index in [0.29, 0.717) is 5.75 Å². The molecule has 0 fully saturated rings. The van der Waals surface area contributed by atoms with Gasteiger partial charge in [-0.15, -0.1) is 0 Å². The molecule has 0 atom stereocenters. The van der Waals surface area contributed by atoms with Crippen LogP contribution in [0.2, 0.25) is 0 Å². The van der Waals surface area contributed by atoms with E-state index in [4.69, 9.17) is 0 Å². The minimum absolute atomic E-state index is 0.0818. The number of hydrogen-bond acceptors (Lipinski definition) is 2. The maximum absolute atomic E-state index is 9.68. The molecular weight excluding hydrogens is 176 g/mol. The number of aromatic hydroxyl groups is 1. The molecule has 0 aliphatic carbocycles. The van der Waals surface area contributed by atoms with Crippen LogP contribution in [0.5, 0.6) is 5.75 Å². The van der Waals surface area contributed by atoms with Crippen molar-refractivity contribution < 1.29 is 5.11 Å². The Labute approximate surface area is 85.8 Å². The molecule has 1 N–H and O–H groups in total. The molecule has 1 heterocycles. The zero-order valence-electron chi connectivity index (χ0n) is 9.54. The van der Waals surface area contributed by atoms with E-state index >= 15 is 0 Å². The Morgan fingerprint density at radius 1 is 1.43 bits per heavy atom. The highest BCUT2D eigenvalue weighted by molar-refractivity contribution is 5.28. The first-order valence-corrected chi connectivity index (χ1v) is 5.22. The molecule has 0 bridgehead atoms. The summed E-state index contributed by atoms with van der Waals surface area (Å²) in [4.78, 5) is 0. The Hall–Kier alpha value is -0.990. The fourth-order valence-corrected chi connectivity index (χ4v) is 1.38. The van der Waals surface area contributed by atoms with Gasteiger partial charge in [-0.1, -0.05) is 34.1 Å². The molecule has 3 nitrogen and oxygen atoms in total. The average Bonchev–Trinajstić information content (AvgIpc) is 2.42. The Bertz CT molecular complexity index is 297. The Morgan fingerprint density at radius 3 is 2.50 bits per heavy atom. The van der Waals surface area contributed by atoms with Gasteiger partial charge in [0, 0.05) is 12.0 Å². The molecule has 80 valence electrons. The minimum atomic E-state index is -0.0818. The summed E-state index contributed by atoms with van der Waals surface area (Å²) < 4.78 is 1.83. The highest BCUT2D eigenvalue weighted by Gasteiger charge is 2.21. The second kappa shape index (κ2) is 4.03. The topological polar surface area (TPSA) is 38.0 Å². The first-order chi connectivity index (χ1) is 6.45.